The molecule has 10 heavy (non-hydrogen) atoms. The second-order valence-corrected chi connectivity index (χ2v) is 3.80. The van der Waals surface area contributed by atoms with Crippen LogP contribution in [0.3, 0.4) is 0 Å². The van der Waals surface area contributed by atoms with Gasteiger partial charge in [0, 0.05) is 11.3 Å². The molecule has 62 valence electrons. The van der Waals surface area contributed by atoms with Crippen molar-refractivity contribution in [2.45, 2.75) is 37.0 Å². The largest absolute Gasteiger partial charge is 0.327 e. The second kappa shape index (κ2) is 5.28. The van der Waals surface area contributed by atoms with Gasteiger partial charge in [0.1, 0.15) is 0 Å². The van der Waals surface area contributed by atoms with Gasteiger partial charge in [-0.1, -0.05) is 12.8 Å². The molecule has 1 saturated carbocycles. The van der Waals surface area contributed by atoms with Crippen molar-refractivity contribution in [1.29, 1.82) is 0 Å². The van der Waals surface area contributed by atoms with E-state index in [1.54, 1.807) is 0 Å². The van der Waals surface area contributed by atoms with Crippen LogP contribution < -0.4 is 5.73 Å². The van der Waals surface area contributed by atoms with Crippen molar-refractivity contribution in [3.63, 3.8) is 0 Å². The minimum absolute atomic E-state index is 0. The molecular weight excluding hydrogens is 166 g/mol. The minimum Gasteiger partial charge on any atom is -0.327 e. The van der Waals surface area contributed by atoms with E-state index in [4.69, 9.17) is 5.73 Å². The molecule has 0 amide bonds. The van der Waals surface area contributed by atoms with E-state index < -0.39 is 0 Å². The number of nitrogens with two attached hydrogens (primary N) is 1. The molecule has 1 aliphatic rings. The standard InChI is InChI=1S/C7H15NS.ClH/c1-9-7-5-3-2-4-6(7)8;/h6-7H,2-5,8H2,1H3;1H/t6-,7-;/m1./s1. The highest BCUT2D eigenvalue weighted by Crippen LogP contribution is 2.25. The van der Waals surface area contributed by atoms with Crippen molar-refractivity contribution in [3.8, 4) is 0 Å². The third kappa shape index (κ3) is 2.69. The van der Waals surface area contributed by atoms with Crippen LogP contribution in [0.25, 0.3) is 0 Å². The summed E-state index contributed by atoms with van der Waals surface area (Å²) in [5.41, 5.74) is 5.87. The zero-order valence-corrected chi connectivity index (χ0v) is 8.01. The molecule has 2 N–H and O–H groups in total. The SMILES string of the molecule is CS[C@@H]1CCCC[C@H]1N.Cl. The molecule has 0 bridgehead atoms. The van der Waals surface area contributed by atoms with E-state index in [2.05, 4.69) is 6.26 Å². The van der Waals surface area contributed by atoms with Crippen LogP contribution in [0, 0.1) is 0 Å². The smallest absolute Gasteiger partial charge is 0.0196 e. The van der Waals surface area contributed by atoms with E-state index in [-0.39, 0.29) is 12.4 Å². The van der Waals surface area contributed by atoms with Gasteiger partial charge >= 0.3 is 0 Å². The van der Waals surface area contributed by atoms with Crippen molar-refractivity contribution in [2.75, 3.05) is 6.26 Å². The normalized spacial score (nSPS) is 33.0. The number of halogens is 1. The fraction of sp³-hybridized carbons (Fsp3) is 1.00. The Bertz CT molecular complexity index is 89.7. The Kier molecular flexibility index (Phi) is 5.59. The molecule has 1 fully saturated rings. The first-order chi connectivity index (χ1) is 4.34. The summed E-state index contributed by atoms with van der Waals surface area (Å²) in [6.45, 7) is 0. The van der Waals surface area contributed by atoms with Gasteiger partial charge in [0.2, 0.25) is 0 Å². The van der Waals surface area contributed by atoms with E-state index in [1.165, 1.54) is 25.7 Å². The summed E-state index contributed by atoms with van der Waals surface area (Å²) in [5.74, 6) is 0. The maximum atomic E-state index is 5.87. The van der Waals surface area contributed by atoms with Gasteiger partial charge in [-0.2, -0.15) is 11.8 Å². The van der Waals surface area contributed by atoms with Gasteiger partial charge in [-0.25, -0.2) is 0 Å². The average Bonchev–Trinajstić information content (AvgIpc) is 1.89. The molecule has 0 aliphatic heterocycles. The fourth-order valence-corrected chi connectivity index (χ4v) is 2.31. The predicted molar refractivity (Wildman–Crippen MR) is 51.0 cm³/mol. The van der Waals surface area contributed by atoms with Gasteiger partial charge in [0.15, 0.2) is 0 Å². The Hall–Kier alpha value is 0.600. The van der Waals surface area contributed by atoms with Crippen molar-refractivity contribution in [1.82, 2.24) is 0 Å². The first kappa shape index (κ1) is 10.6. The highest BCUT2D eigenvalue weighted by atomic mass is 35.5. The van der Waals surface area contributed by atoms with Gasteiger partial charge < -0.3 is 5.73 Å². The Labute approximate surface area is 73.5 Å². The van der Waals surface area contributed by atoms with Crippen LogP contribution in [0.5, 0.6) is 0 Å². The van der Waals surface area contributed by atoms with Gasteiger partial charge in [0.25, 0.3) is 0 Å². The lowest BCUT2D eigenvalue weighted by Crippen LogP contribution is -2.34. The van der Waals surface area contributed by atoms with Crippen LogP contribution in [0.4, 0.5) is 0 Å². The fourth-order valence-electron chi connectivity index (χ4n) is 1.42. The molecule has 0 spiro atoms. The molecule has 0 heterocycles. The van der Waals surface area contributed by atoms with Crippen molar-refractivity contribution in [3.05, 3.63) is 0 Å². The van der Waals surface area contributed by atoms with Gasteiger partial charge in [-0.3, -0.25) is 0 Å². The first-order valence-corrected chi connectivity index (χ1v) is 4.92. The van der Waals surface area contributed by atoms with Crippen LogP contribution in [0.15, 0.2) is 0 Å². The molecule has 0 aromatic carbocycles. The van der Waals surface area contributed by atoms with E-state index in [0.717, 1.165) is 5.25 Å². The van der Waals surface area contributed by atoms with Crippen LogP contribution >= 0.6 is 24.2 Å². The predicted octanol–water partition coefficient (Wildman–Crippen LogP) is 2.04. The third-order valence-corrected chi connectivity index (χ3v) is 3.25. The third-order valence-electron chi connectivity index (χ3n) is 2.06. The summed E-state index contributed by atoms with van der Waals surface area (Å²) in [4.78, 5) is 0. The van der Waals surface area contributed by atoms with Crippen LogP contribution in [0.1, 0.15) is 25.7 Å². The number of hydrogen-bond donors (Lipinski definition) is 1. The van der Waals surface area contributed by atoms with Crippen molar-refractivity contribution in [2.24, 2.45) is 5.73 Å². The van der Waals surface area contributed by atoms with Gasteiger partial charge in [0.05, 0.1) is 0 Å². The average molecular weight is 182 g/mol. The maximum absolute atomic E-state index is 5.87. The highest BCUT2D eigenvalue weighted by Gasteiger charge is 2.19. The number of rotatable bonds is 1. The van der Waals surface area contributed by atoms with Gasteiger partial charge in [-0.15, -0.1) is 12.4 Å². The minimum atomic E-state index is 0. The lowest BCUT2D eigenvalue weighted by atomic mass is 9.96. The first-order valence-electron chi connectivity index (χ1n) is 3.63. The molecule has 0 aromatic heterocycles. The number of hydrogen-bond acceptors (Lipinski definition) is 2. The summed E-state index contributed by atoms with van der Waals surface area (Å²) in [5, 5.41) is 0.749. The second-order valence-electron chi connectivity index (χ2n) is 2.72. The van der Waals surface area contributed by atoms with Crippen molar-refractivity contribution < 1.29 is 0 Å². The molecule has 1 rings (SSSR count). The molecular formula is C7H16ClNS. The molecule has 2 atom stereocenters. The maximum Gasteiger partial charge on any atom is 0.0196 e. The molecule has 0 saturated heterocycles. The van der Waals surface area contributed by atoms with Gasteiger partial charge in [-0.05, 0) is 19.1 Å². The Morgan fingerprint density at radius 3 is 2.30 bits per heavy atom. The Morgan fingerprint density at radius 2 is 1.90 bits per heavy atom. The zero-order chi connectivity index (χ0) is 6.69. The summed E-state index contributed by atoms with van der Waals surface area (Å²) in [6.07, 6.45) is 7.47. The zero-order valence-electron chi connectivity index (χ0n) is 6.38. The summed E-state index contributed by atoms with van der Waals surface area (Å²) < 4.78 is 0. The number of thioether (sulfide) groups is 1. The molecule has 0 unspecified atom stereocenters. The molecule has 0 radical (unpaired) electrons. The molecule has 1 aliphatic carbocycles. The summed E-state index contributed by atoms with van der Waals surface area (Å²) >= 11 is 1.93. The van der Waals surface area contributed by atoms with Crippen molar-refractivity contribution >= 4 is 24.2 Å². The topological polar surface area (TPSA) is 26.0 Å². The highest BCUT2D eigenvalue weighted by molar-refractivity contribution is 7.99. The van der Waals surface area contributed by atoms with Crippen LogP contribution in [-0.2, 0) is 0 Å². The summed E-state index contributed by atoms with van der Waals surface area (Å²) in [7, 11) is 0. The van der Waals surface area contributed by atoms with E-state index in [9.17, 15) is 0 Å². The monoisotopic (exact) mass is 181 g/mol. The molecule has 0 aromatic rings. The molecule has 3 heteroatoms. The van der Waals surface area contributed by atoms with Crippen LogP contribution in [0.2, 0.25) is 0 Å². The van der Waals surface area contributed by atoms with E-state index in [0.29, 0.717) is 6.04 Å². The Balaban J connectivity index is 0.000000810. The van der Waals surface area contributed by atoms with Crippen LogP contribution in [-0.4, -0.2) is 17.5 Å². The molecule has 1 nitrogen and oxygen atoms in total. The summed E-state index contributed by atoms with van der Waals surface area (Å²) in [6, 6.07) is 0.480. The lowest BCUT2D eigenvalue weighted by Gasteiger charge is -2.26. The lowest BCUT2D eigenvalue weighted by molar-refractivity contribution is 0.454. The Morgan fingerprint density at radius 1 is 1.30 bits per heavy atom. The van der Waals surface area contributed by atoms with E-state index >= 15 is 0 Å². The quantitative estimate of drug-likeness (QED) is 0.670. The van der Waals surface area contributed by atoms with E-state index in [1.807, 2.05) is 11.8 Å².